The van der Waals surface area contributed by atoms with Gasteiger partial charge in [0.25, 0.3) is 0 Å². The van der Waals surface area contributed by atoms with Crippen LogP contribution < -0.4 is 0 Å². The summed E-state index contributed by atoms with van der Waals surface area (Å²) in [6, 6.07) is 15.2. The van der Waals surface area contributed by atoms with Gasteiger partial charge in [-0.1, -0.05) is 35.9 Å². The van der Waals surface area contributed by atoms with Crippen molar-refractivity contribution >= 4 is 23.4 Å². The second-order valence-electron chi connectivity index (χ2n) is 3.73. The zero-order valence-corrected chi connectivity index (χ0v) is 11.0. The number of hydrogen-bond donors (Lipinski definition) is 1. The molecule has 0 radical (unpaired) electrons. The van der Waals surface area contributed by atoms with Crippen LogP contribution in [0.4, 0.5) is 0 Å². The van der Waals surface area contributed by atoms with E-state index in [2.05, 4.69) is 0 Å². The summed E-state index contributed by atoms with van der Waals surface area (Å²) in [4.78, 5) is 1.19. The average Bonchev–Trinajstić information content (AvgIpc) is 2.39. The summed E-state index contributed by atoms with van der Waals surface area (Å²) in [5.41, 5.74) is 1.75. The zero-order chi connectivity index (χ0) is 12.3. The fourth-order valence-corrected chi connectivity index (χ4v) is 2.16. The van der Waals surface area contributed by atoms with E-state index >= 15 is 0 Å². The van der Waals surface area contributed by atoms with Gasteiger partial charge in [0.1, 0.15) is 6.10 Å². The minimum atomic E-state index is -0.594. The van der Waals surface area contributed by atoms with Crippen molar-refractivity contribution in [1.29, 1.82) is 0 Å². The van der Waals surface area contributed by atoms with Gasteiger partial charge in [-0.05, 0) is 41.6 Å². The normalized spacial score (nSPS) is 12.4. The van der Waals surface area contributed by atoms with Gasteiger partial charge < -0.3 is 5.11 Å². The van der Waals surface area contributed by atoms with Gasteiger partial charge >= 0.3 is 0 Å². The van der Waals surface area contributed by atoms with E-state index in [-0.39, 0.29) is 0 Å². The molecule has 1 nitrogen and oxygen atoms in total. The van der Waals surface area contributed by atoms with E-state index in [1.165, 1.54) is 4.90 Å². The Bertz CT molecular complexity index is 479. The van der Waals surface area contributed by atoms with Gasteiger partial charge in [0.15, 0.2) is 0 Å². The van der Waals surface area contributed by atoms with Gasteiger partial charge in [-0.25, -0.2) is 0 Å². The number of aliphatic hydroxyl groups excluding tert-OH is 1. The molecule has 0 heterocycles. The summed E-state index contributed by atoms with van der Waals surface area (Å²) in [6.07, 6.45) is 1.44. The van der Waals surface area contributed by atoms with Crippen LogP contribution in [0.1, 0.15) is 17.2 Å². The Morgan fingerprint density at radius 3 is 1.88 bits per heavy atom. The van der Waals surface area contributed by atoms with Crippen LogP contribution in [0.5, 0.6) is 0 Å². The second-order valence-corrected chi connectivity index (χ2v) is 5.04. The van der Waals surface area contributed by atoms with E-state index in [1.807, 2.05) is 42.7 Å². The molecular formula is C14H13ClOS. The molecule has 0 unspecified atom stereocenters. The first kappa shape index (κ1) is 12.5. The molecule has 0 amide bonds. The molecule has 1 atom stereocenters. The monoisotopic (exact) mass is 264 g/mol. The van der Waals surface area contributed by atoms with Gasteiger partial charge in [0, 0.05) is 9.92 Å². The zero-order valence-electron chi connectivity index (χ0n) is 9.43. The van der Waals surface area contributed by atoms with Crippen molar-refractivity contribution in [3.05, 3.63) is 64.7 Å². The van der Waals surface area contributed by atoms with E-state index in [0.29, 0.717) is 5.02 Å². The Labute approximate surface area is 110 Å². The molecule has 0 aliphatic carbocycles. The first-order chi connectivity index (χ1) is 8.20. The number of rotatable bonds is 3. The largest absolute Gasteiger partial charge is 0.384 e. The smallest absolute Gasteiger partial charge is 0.104 e. The minimum absolute atomic E-state index is 0.594. The molecule has 1 N–H and O–H groups in total. The van der Waals surface area contributed by atoms with Gasteiger partial charge in [0.2, 0.25) is 0 Å². The lowest BCUT2D eigenvalue weighted by Gasteiger charge is -2.11. The molecule has 2 rings (SSSR count). The molecule has 2 aromatic rings. The Hall–Kier alpha value is -0.960. The van der Waals surface area contributed by atoms with Crippen molar-refractivity contribution in [1.82, 2.24) is 0 Å². The minimum Gasteiger partial charge on any atom is -0.384 e. The number of thioether (sulfide) groups is 1. The van der Waals surface area contributed by atoms with Crippen LogP contribution in [-0.2, 0) is 0 Å². The summed E-state index contributed by atoms with van der Waals surface area (Å²) in [5.74, 6) is 0. The molecule has 3 heteroatoms. The Kier molecular flexibility index (Phi) is 4.11. The first-order valence-electron chi connectivity index (χ1n) is 5.28. The fourth-order valence-electron chi connectivity index (χ4n) is 1.62. The molecule has 0 saturated heterocycles. The third kappa shape index (κ3) is 3.03. The average molecular weight is 265 g/mol. The lowest BCUT2D eigenvalue weighted by Crippen LogP contribution is -1.98. The topological polar surface area (TPSA) is 20.2 Å². The van der Waals surface area contributed by atoms with Crippen molar-refractivity contribution in [2.45, 2.75) is 11.0 Å². The summed E-state index contributed by atoms with van der Waals surface area (Å²) >= 11 is 7.51. The predicted molar refractivity (Wildman–Crippen MR) is 73.7 cm³/mol. The molecule has 0 bridgehead atoms. The molecule has 0 aromatic heterocycles. The predicted octanol–water partition coefficient (Wildman–Crippen LogP) is 4.14. The second kappa shape index (κ2) is 5.58. The van der Waals surface area contributed by atoms with E-state index in [1.54, 1.807) is 23.9 Å². The van der Waals surface area contributed by atoms with E-state index < -0.39 is 6.10 Å². The molecule has 0 spiro atoms. The third-order valence-electron chi connectivity index (χ3n) is 2.62. The Balaban J connectivity index is 2.23. The van der Waals surface area contributed by atoms with Gasteiger partial charge in [-0.15, -0.1) is 11.8 Å². The SMILES string of the molecule is CSc1ccc([C@@H](O)c2ccc(Cl)cc2)cc1. The molecule has 0 fully saturated rings. The highest BCUT2D eigenvalue weighted by molar-refractivity contribution is 7.98. The van der Waals surface area contributed by atoms with Crippen molar-refractivity contribution in [2.75, 3.05) is 6.26 Å². The maximum absolute atomic E-state index is 10.2. The number of halogens is 1. The van der Waals surface area contributed by atoms with Crippen LogP contribution in [-0.4, -0.2) is 11.4 Å². The highest BCUT2D eigenvalue weighted by Gasteiger charge is 2.09. The van der Waals surface area contributed by atoms with Crippen LogP contribution in [0, 0.1) is 0 Å². The highest BCUT2D eigenvalue weighted by atomic mass is 35.5. The number of aliphatic hydroxyl groups is 1. The van der Waals surface area contributed by atoms with E-state index in [0.717, 1.165) is 11.1 Å². The van der Waals surface area contributed by atoms with Crippen molar-refractivity contribution in [3.63, 3.8) is 0 Å². The summed E-state index contributed by atoms with van der Waals surface area (Å²) in [5, 5.41) is 10.9. The quantitative estimate of drug-likeness (QED) is 0.841. The lowest BCUT2D eigenvalue weighted by atomic mass is 10.0. The molecule has 0 saturated carbocycles. The van der Waals surface area contributed by atoms with Crippen LogP contribution in [0.25, 0.3) is 0 Å². The van der Waals surface area contributed by atoms with Crippen molar-refractivity contribution in [3.8, 4) is 0 Å². The molecular weight excluding hydrogens is 252 g/mol. The Morgan fingerprint density at radius 2 is 1.41 bits per heavy atom. The third-order valence-corrected chi connectivity index (χ3v) is 3.61. The maximum Gasteiger partial charge on any atom is 0.104 e. The van der Waals surface area contributed by atoms with Gasteiger partial charge in [0.05, 0.1) is 0 Å². The Morgan fingerprint density at radius 1 is 0.941 bits per heavy atom. The van der Waals surface area contributed by atoms with Crippen molar-refractivity contribution in [2.24, 2.45) is 0 Å². The van der Waals surface area contributed by atoms with E-state index in [9.17, 15) is 5.11 Å². The maximum atomic E-state index is 10.2. The lowest BCUT2D eigenvalue weighted by molar-refractivity contribution is 0.220. The fraction of sp³-hybridized carbons (Fsp3) is 0.143. The first-order valence-corrected chi connectivity index (χ1v) is 6.88. The summed E-state index contributed by atoms with van der Waals surface area (Å²) in [6.45, 7) is 0. The summed E-state index contributed by atoms with van der Waals surface area (Å²) < 4.78 is 0. The molecule has 0 aliphatic rings. The van der Waals surface area contributed by atoms with E-state index in [4.69, 9.17) is 11.6 Å². The van der Waals surface area contributed by atoms with Crippen LogP contribution in [0.15, 0.2) is 53.4 Å². The van der Waals surface area contributed by atoms with Crippen molar-refractivity contribution < 1.29 is 5.11 Å². The van der Waals surface area contributed by atoms with Crippen LogP contribution in [0.2, 0.25) is 5.02 Å². The molecule has 0 aliphatic heterocycles. The van der Waals surface area contributed by atoms with Gasteiger partial charge in [-0.2, -0.15) is 0 Å². The molecule has 2 aromatic carbocycles. The number of benzene rings is 2. The molecule has 17 heavy (non-hydrogen) atoms. The highest BCUT2D eigenvalue weighted by Crippen LogP contribution is 2.25. The molecule has 88 valence electrons. The van der Waals surface area contributed by atoms with Crippen LogP contribution in [0.3, 0.4) is 0 Å². The standard InChI is InChI=1S/C14H13ClOS/c1-17-13-8-4-11(5-9-13)14(16)10-2-6-12(15)7-3-10/h2-9,14,16H,1H3/t14-/m0/s1. The number of hydrogen-bond acceptors (Lipinski definition) is 2. The van der Waals surface area contributed by atoms with Gasteiger partial charge in [-0.3, -0.25) is 0 Å². The van der Waals surface area contributed by atoms with Crippen LogP contribution >= 0.6 is 23.4 Å². The summed E-state index contributed by atoms with van der Waals surface area (Å²) in [7, 11) is 0.